The van der Waals surface area contributed by atoms with Gasteiger partial charge >= 0.3 is 0 Å². The van der Waals surface area contributed by atoms with Crippen molar-refractivity contribution in [1.82, 2.24) is 0 Å². The highest BCUT2D eigenvalue weighted by Crippen LogP contribution is 2.28. The summed E-state index contributed by atoms with van der Waals surface area (Å²) < 4.78 is 22.8. The lowest BCUT2D eigenvalue weighted by Gasteiger charge is -2.25. The van der Waals surface area contributed by atoms with E-state index >= 15 is 0 Å². The summed E-state index contributed by atoms with van der Waals surface area (Å²) in [5.41, 5.74) is 0.506. The van der Waals surface area contributed by atoms with E-state index in [1.165, 1.54) is 0 Å². The first kappa shape index (κ1) is 15.3. The monoisotopic (exact) mass is 306 g/mol. The van der Waals surface area contributed by atoms with E-state index in [-0.39, 0.29) is 12.6 Å². The number of carbonyl (C=O) groups excluding carboxylic acids is 1. The molecule has 2 heterocycles. The van der Waals surface area contributed by atoms with Gasteiger partial charge in [0.1, 0.15) is 11.5 Å². The summed E-state index contributed by atoms with van der Waals surface area (Å²) in [5.74, 6) is 1.17. The SMILES string of the molecule is O=Cc1ccc(OC2CCCCO2)cc1OC1CCCCO1. The van der Waals surface area contributed by atoms with Gasteiger partial charge in [0.05, 0.1) is 18.8 Å². The van der Waals surface area contributed by atoms with Crippen LogP contribution in [0.4, 0.5) is 0 Å². The zero-order valence-electron chi connectivity index (χ0n) is 12.7. The molecule has 120 valence electrons. The van der Waals surface area contributed by atoms with Gasteiger partial charge in [-0.2, -0.15) is 0 Å². The highest BCUT2D eigenvalue weighted by molar-refractivity contribution is 5.79. The van der Waals surface area contributed by atoms with E-state index in [0.29, 0.717) is 23.7 Å². The summed E-state index contributed by atoms with van der Waals surface area (Å²) in [4.78, 5) is 11.2. The standard InChI is InChI=1S/C17H22O5/c18-12-13-7-8-14(21-16-5-1-3-9-19-16)11-15(13)22-17-6-2-4-10-20-17/h7-8,11-12,16-17H,1-6,9-10H2. The van der Waals surface area contributed by atoms with Gasteiger partial charge in [0.25, 0.3) is 0 Å². The van der Waals surface area contributed by atoms with Crippen LogP contribution in [-0.4, -0.2) is 32.1 Å². The Morgan fingerprint density at radius 3 is 2.23 bits per heavy atom. The minimum absolute atomic E-state index is 0.213. The van der Waals surface area contributed by atoms with E-state index < -0.39 is 0 Å². The molecule has 2 saturated heterocycles. The Labute approximate surface area is 130 Å². The largest absolute Gasteiger partial charge is 0.465 e. The molecule has 5 heteroatoms. The lowest BCUT2D eigenvalue weighted by atomic mass is 10.2. The van der Waals surface area contributed by atoms with Gasteiger partial charge in [0, 0.05) is 18.9 Å². The van der Waals surface area contributed by atoms with Gasteiger partial charge in [0.15, 0.2) is 18.9 Å². The van der Waals surface area contributed by atoms with Crippen molar-refractivity contribution in [3.63, 3.8) is 0 Å². The Morgan fingerprint density at radius 1 is 0.955 bits per heavy atom. The molecular formula is C17H22O5. The molecule has 0 saturated carbocycles. The summed E-state index contributed by atoms with van der Waals surface area (Å²) in [6.07, 6.45) is 6.35. The van der Waals surface area contributed by atoms with Crippen molar-refractivity contribution in [2.24, 2.45) is 0 Å². The van der Waals surface area contributed by atoms with Crippen LogP contribution in [0.15, 0.2) is 18.2 Å². The highest BCUT2D eigenvalue weighted by atomic mass is 16.7. The predicted molar refractivity (Wildman–Crippen MR) is 80.3 cm³/mol. The van der Waals surface area contributed by atoms with Crippen LogP contribution in [0.3, 0.4) is 0 Å². The molecule has 0 aliphatic carbocycles. The van der Waals surface area contributed by atoms with Gasteiger partial charge in [-0.05, 0) is 37.8 Å². The number of benzene rings is 1. The smallest absolute Gasteiger partial charge is 0.199 e. The summed E-state index contributed by atoms with van der Waals surface area (Å²) in [7, 11) is 0. The van der Waals surface area contributed by atoms with Gasteiger partial charge in [-0.15, -0.1) is 0 Å². The van der Waals surface area contributed by atoms with Gasteiger partial charge in [-0.3, -0.25) is 4.79 Å². The maximum absolute atomic E-state index is 11.2. The zero-order chi connectivity index (χ0) is 15.2. The van der Waals surface area contributed by atoms with E-state index in [2.05, 4.69) is 0 Å². The Bertz CT molecular complexity index is 490. The minimum atomic E-state index is -0.284. The molecule has 0 N–H and O–H groups in total. The summed E-state index contributed by atoms with van der Waals surface area (Å²) in [5, 5.41) is 0. The number of hydrogen-bond acceptors (Lipinski definition) is 5. The third kappa shape index (κ3) is 3.99. The Kier molecular flexibility index (Phi) is 5.29. The van der Waals surface area contributed by atoms with E-state index in [1.807, 2.05) is 0 Å². The van der Waals surface area contributed by atoms with Crippen LogP contribution in [0.1, 0.15) is 48.9 Å². The zero-order valence-corrected chi connectivity index (χ0v) is 12.7. The molecule has 0 spiro atoms. The average Bonchev–Trinajstić information content (AvgIpc) is 2.57. The van der Waals surface area contributed by atoms with Gasteiger partial charge < -0.3 is 18.9 Å². The first-order valence-electron chi connectivity index (χ1n) is 8.01. The maximum atomic E-state index is 11.2. The van der Waals surface area contributed by atoms with Gasteiger partial charge in [-0.25, -0.2) is 0 Å². The molecule has 2 aliphatic rings. The fourth-order valence-corrected chi connectivity index (χ4v) is 2.69. The van der Waals surface area contributed by atoms with Crippen molar-refractivity contribution in [2.75, 3.05) is 13.2 Å². The van der Waals surface area contributed by atoms with Crippen molar-refractivity contribution in [3.8, 4) is 11.5 Å². The first-order valence-corrected chi connectivity index (χ1v) is 8.01. The third-order valence-electron chi connectivity index (χ3n) is 3.91. The van der Waals surface area contributed by atoms with Crippen LogP contribution in [0.5, 0.6) is 11.5 Å². The molecular weight excluding hydrogens is 284 g/mol. The van der Waals surface area contributed by atoms with Crippen LogP contribution >= 0.6 is 0 Å². The predicted octanol–water partition coefficient (Wildman–Crippen LogP) is 3.31. The van der Waals surface area contributed by atoms with Crippen molar-refractivity contribution in [2.45, 2.75) is 51.1 Å². The van der Waals surface area contributed by atoms with E-state index in [9.17, 15) is 4.79 Å². The van der Waals surface area contributed by atoms with Crippen molar-refractivity contribution in [1.29, 1.82) is 0 Å². The molecule has 2 fully saturated rings. The number of rotatable bonds is 5. The van der Waals surface area contributed by atoms with Crippen molar-refractivity contribution in [3.05, 3.63) is 23.8 Å². The van der Waals surface area contributed by atoms with Crippen LogP contribution in [0.25, 0.3) is 0 Å². The molecule has 0 amide bonds. The molecule has 3 rings (SSSR count). The van der Waals surface area contributed by atoms with Crippen LogP contribution in [-0.2, 0) is 9.47 Å². The Balaban J connectivity index is 1.69. The van der Waals surface area contributed by atoms with Crippen LogP contribution < -0.4 is 9.47 Å². The number of aldehydes is 1. The quantitative estimate of drug-likeness (QED) is 0.781. The molecule has 5 nitrogen and oxygen atoms in total. The molecule has 0 radical (unpaired) electrons. The second-order valence-corrected chi connectivity index (χ2v) is 5.65. The number of carbonyl (C=O) groups is 1. The molecule has 22 heavy (non-hydrogen) atoms. The number of hydrogen-bond donors (Lipinski definition) is 0. The third-order valence-corrected chi connectivity index (χ3v) is 3.91. The number of ether oxygens (including phenoxy) is 4. The topological polar surface area (TPSA) is 54.0 Å². The summed E-state index contributed by atoms with van der Waals surface area (Å²) >= 11 is 0. The van der Waals surface area contributed by atoms with Crippen molar-refractivity contribution >= 4 is 6.29 Å². The van der Waals surface area contributed by atoms with E-state index in [4.69, 9.17) is 18.9 Å². The fraction of sp³-hybridized carbons (Fsp3) is 0.588. The first-order chi connectivity index (χ1) is 10.8. The Hall–Kier alpha value is -1.59. The van der Waals surface area contributed by atoms with Gasteiger partial charge in [0.2, 0.25) is 0 Å². The summed E-state index contributed by atoms with van der Waals surface area (Å²) in [6, 6.07) is 5.24. The van der Waals surface area contributed by atoms with Gasteiger partial charge in [-0.1, -0.05) is 0 Å². The van der Waals surface area contributed by atoms with E-state index in [0.717, 1.165) is 51.4 Å². The summed E-state index contributed by atoms with van der Waals surface area (Å²) in [6.45, 7) is 1.43. The van der Waals surface area contributed by atoms with E-state index in [1.54, 1.807) is 18.2 Å². The van der Waals surface area contributed by atoms with Crippen LogP contribution in [0, 0.1) is 0 Å². The molecule has 0 bridgehead atoms. The average molecular weight is 306 g/mol. The molecule has 2 atom stereocenters. The molecule has 1 aromatic rings. The fourth-order valence-electron chi connectivity index (χ4n) is 2.69. The van der Waals surface area contributed by atoms with Crippen LogP contribution in [0.2, 0.25) is 0 Å². The molecule has 1 aromatic carbocycles. The lowest BCUT2D eigenvalue weighted by Crippen LogP contribution is -2.26. The Morgan fingerprint density at radius 2 is 1.64 bits per heavy atom. The lowest BCUT2D eigenvalue weighted by molar-refractivity contribution is -0.109. The van der Waals surface area contributed by atoms with Crippen molar-refractivity contribution < 1.29 is 23.7 Å². The minimum Gasteiger partial charge on any atom is -0.465 e. The second-order valence-electron chi connectivity index (χ2n) is 5.65. The maximum Gasteiger partial charge on any atom is 0.199 e. The molecule has 0 aromatic heterocycles. The highest BCUT2D eigenvalue weighted by Gasteiger charge is 2.19. The second kappa shape index (κ2) is 7.61. The molecule has 2 aliphatic heterocycles. The normalized spacial score (nSPS) is 25.5. The molecule has 2 unspecified atom stereocenters.